The van der Waals surface area contributed by atoms with Crippen LogP contribution in [0.5, 0.6) is 5.75 Å². The smallest absolute Gasteiger partial charge is 0.258 e. The van der Waals surface area contributed by atoms with Crippen LogP contribution in [0, 0.1) is 11.7 Å². The van der Waals surface area contributed by atoms with Crippen molar-refractivity contribution in [2.24, 2.45) is 5.92 Å². The molecular formula is C35H44FN3O7S. The lowest BCUT2D eigenvalue weighted by atomic mass is 10.0. The molecule has 3 aromatic carbocycles. The second-order valence-electron chi connectivity index (χ2n) is 12.1. The van der Waals surface area contributed by atoms with Crippen LogP contribution in [-0.4, -0.2) is 86.1 Å². The van der Waals surface area contributed by atoms with Gasteiger partial charge in [0.15, 0.2) is 0 Å². The van der Waals surface area contributed by atoms with Gasteiger partial charge in [-0.3, -0.25) is 9.59 Å². The number of aliphatic hydroxyl groups is 1. The van der Waals surface area contributed by atoms with Gasteiger partial charge in [-0.05, 0) is 87.7 Å². The molecule has 3 aromatic rings. The first kappa shape index (κ1) is 36.0. The third kappa shape index (κ3) is 9.38. The van der Waals surface area contributed by atoms with Gasteiger partial charge in [0.2, 0.25) is 10.0 Å². The molecule has 2 N–H and O–H groups in total. The Morgan fingerprint density at radius 1 is 1.09 bits per heavy atom. The van der Waals surface area contributed by atoms with Crippen LogP contribution < -0.4 is 10.1 Å². The van der Waals surface area contributed by atoms with Gasteiger partial charge in [-0.2, -0.15) is 4.31 Å². The molecule has 0 radical (unpaired) electrons. The van der Waals surface area contributed by atoms with Crippen molar-refractivity contribution in [3.05, 3.63) is 89.7 Å². The molecule has 4 atom stereocenters. The lowest BCUT2D eigenvalue weighted by Gasteiger charge is -2.35. The lowest BCUT2D eigenvalue weighted by molar-refractivity contribution is -0.00834. The fraction of sp³-hybridized carbons (Fsp3) is 0.429. The maximum absolute atomic E-state index is 14.3. The molecular weight excluding hydrogens is 625 g/mol. The minimum Gasteiger partial charge on any atom is -0.490 e. The van der Waals surface area contributed by atoms with E-state index in [0.29, 0.717) is 36.4 Å². The summed E-state index contributed by atoms with van der Waals surface area (Å²) < 4.78 is 53.9. The highest BCUT2D eigenvalue weighted by molar-refractivity contribution is 7.89. The van der Waals surface area contributed by atoms with Crippen molar-refractivity contribution in [2.75, 3.05) is 38.7 Å². The third-order valence-corrected chi connectivity index (χ3v) is 10.1. The number of hydrogen-bond donors (Lipinski definition) is 2. The molecule has 254 valence electrons. The maximum atomic E-state index is 14.3. The van der Waals surface area contributed by atoms with Crippen LogP contribution in [0.4, 0.5) is 10.1 Å². The van der Waals surface area contributed by atoms with Crippen molar-refractivity contribution < 1.29 is 37.0 Å². The number of aliphatic hydroxyl groups excluding tert-OH is 1. The highest BCUT2D eigenvalue weighted by Crippen LogP contribution is 2.29. The number of carbonyl (C=O) groups excluding carboxylic acids is 2. The average molecular weight is 670 g/mol. The van der Waals surface area contributed by atoms with Gasteiger partial charge < -0.3 is 24.8 Å². The van der Waals surface area contributed by atoms with E-state index in [-0.39, 0.29) is 48.1 Å². The number of fused-ring (bicyclic) bond motifs is 1. The Labute approximate surface area is 276 Å². The predicted molar refractivity (Wildman–Crippen MR) is 177 cm³/mol. The minimum atomic E-state index is -3.95. The molecule has 1 aliphatic rings. The molecule has 12 heteroatoms. The number of anilines is 1. The van der Waals surface area contributed by atoms with Gasteiger partial charge in [0.1, 0.15) is 11.6 Å². The van der Waals surface area contributed by atoms with E-state index in [4.69, 9.17) is 9.47 Å². The first-order chi connectivity index (χ1) is 22.4. The molecule has 0 saturated heterocycles. The number of sulfonamides is 1. The maximum Gasteiger partial charge on any atom is 0.258 e. The summed E-state index contributed by atoms with van der Waals surface area (Å²) in [5.74, 6) is -1.30. The zero-order chi connectivity index (χ0) is 34.1. The monoisotopic (exact) mass is 669 g/mol. The molecule has 0 fully saturated rings. The molecule has 0 aromatic heterocycles. The van der Waals surface area contributed by atoms with E-state index >= 15 is 0 Å². The summed E-state index contributed by atoms with van der Waals surface area (Å²) in [4.78, 5) is 28.7. The van der Waals surface area contributed by atoms with Crippen molar-refractivity contribution in [3.63, 3.8) is 0 Å². The molecule has 2 amide bonds. The number of hydrogen-bond acceptors (Lipinski definition) is 7. The number of nitrogens with one attached hydrogen (secondary N) is 1. The summed E-state index contributed by atoms with van der Waals surface area (Å²) in [5, 5.41) is 13.0. The molecule has 0 unspecified atom stereocenters. The van der Waals surface area contributed by atoms with Crippen molar-refractivity contribution in [3.8, 4) is 5.75 Å². The van der Waals surface area contributed by atoms with E-state index in [1.54, 1.807) is 49.4 Å². The SMILES string of the molecule is C[C@H]1CCCCO[C@H](CN(C)S(=O)(=O)c2ccc(F)cc2)[C@@H](C)CN([C@@H](C)CO)C(=O)c2cc(NC(=O)c3ccccc3)ccc2O1. The Hall–Kier alpha value is -3.84. The van der Waals surface area contributed by atoms with Crippen LogP contribution in [0.1, 0.15) is 60.7 Å². The summed E-state index contributed by atoms with van der Waals surface area (Å²) >= 11 is 0. The number of likely N-dealkylation sites (N-methyl/N-ethyl adjacent to an activating group) is 1. The molecule has 1 aliphatic heterocycles. The van der Waals surface area contributed by atoms with Gasteiger partial charge in [0, 0.05) is 43.9 Å². The summed E-state index contributed by atoms with van der Waals surface area (Å²) in [5.41, 5.74) is 1.09. The van der Waals surface area contributed by atoms with Crippen LogP contribution in [0.25, 0.3) is 0 Å². The Morgan fingerprint density at radius 3 is 2.47 bits per heavy atom. The Bertz CT molecular complexity index is 1610. The summed E-state index contributed by atoms with van der Waals surface area (Å²) in [6, 6.07) is 17.7. The van der Waals surface area contributed by atoms with E-state index < -0.39 is 33.9 Å². The number of halogens is 1. The van der Waals surface area contributed by atoms with E-state index in [2.05, 4.69) is 5.32 Å². The number of amides is 2. The Morgan fingerprint density at radius 2 is 1.79 bits per heavy atom. The van der Waals surface area contributed by atoms with Gasteiger partial charge >= 0.3 is 0 Å². The molecule has 0 saturated carbocycles. The minimum absolute atomic E-state index is 0.0117. The van der Waals surface area contributed by atoms with Crippen LogP contribution in [0.15, 0.2) is 77.7 Å². The van der Waals surface area contributed by atoms with Gasteiger partial charge in [-0.1, -0.05) is 25.1 Å². The Kier molecular flexibility index (Phi) is 12.5. The van der Waals surface area contributed by atoms with E-state index in [0.717, 1.165) is 18.6 Å². The summed E-state index contributed by atoms with van der Waals surface area (Å²) in [6.45, 7) is 5.68. The number of nitrogens with zero attached hydrogens (tertiary/aromatic N) is 2. The van der Waals surface area contributed by atoms with E-state index in [1.165, 1.54) is 28.4 Å². The Balaban J connectivity index is 1.65. The van der Waals surface area contributed by atoms with Crippen molar-refractivity contribution in [2.45, 2.75) is 63.2 Å². The van der Waals surface area contributed by atoms with Gasteiger partial charge in [-0.15, -0.1) is 0 Å². The average Bonchev–Trinajstić information content (AvgIpc) is 3.06. The lowest BCUT2D eigenvalue weighted by Crippen LogP contribution is -2.48. The third-order valence-electron chi connectivity index (χ3n) is 8.30. The van der Waals surface area contributed by atoms with Crippen molar-refractivity contribution >= 4 is 27.5 Å². The second-order valence-corrected chi connectivity index (χ2v) is 14.1. The normalized spacial score (nSPS) is 20.5. The molecule has 4 rings (SSSR count). The zero-order valence-corrected chi connectivity index (χ0v) is 28.1. The molecule has 47 heavy (non-hydrogen) atoms. The van der Waals surface area contributed by atoms with Gasteiger partial charge in [0.05, 0.1) is 35.3 Å². The van der Waals surface area contributed by atoms with Crippen LogP contribution in [0.3, 0.4) is 0 Å². The van der Waals surface area contributed by atoms with Crippen molar-refractivity contribution in [1.82, 2.24) is 9.21 Å². The van der Waals surface area contributed by atoms with E-state index in [1.807, 2.05) is 19.9 Å². The standard InChI is InChI=1S/C35H44FN3O7S/c1-24-21-39(25(2)23-40)35(42)31-20-29(37-34(41)27-11-6-5-7-12-27)15-18-32(31)46-26(3)10-8-9-19-45-33(24)22-38(4)47(43,44)30-16-13-28(36)14-17-30/h5-7,11-18,20,24-26,33,40H,8-10,19,21-23H2,1-4H3,(H,37,41)/t24-,25-,26-,33+/m0/s1. The summed E-state index contributed by atoms with van der Waals surface area (Å²) in [6.07, 6.45) is 1.31. The van der Waals surface area contributed by atoms with Gasteiger partial charge in [-0.25, -0.2) is 12.8 Å². The highest BCUT2D eigenvalue weighted by atomic mass is 32.2. The molecule has 0 bridgehead atoms. The number of rotatable bonds is 8. The number of carbonyl (C=O) groups is 2. The second kappa shape index (κ2) is 16.3. The van der Waals surface area contributed by atoms with Gasteiger partial charge in [0.25, 0.3) is 11.8 Å². The largest absolute Gasteiger partial charge is 0.490 e. The van der Waals surface area contributed by atoms with Crippen molar-refractivity contribution in [1.29, 1.82) is 0 Å². The first-order valence-corrected chi connectivity index (χ1v) is 17.3. The number of ether oxygens (including phenoxy) is 2. The highest BCUT2D eigenvalue weighted by Gasteiger charge is 2.32. The fourth-order valence-corrected chi connectivity index (χ4v) is 6.58. The number of benzene rings is 3. The van der Waals surface area contributed by atoms with Crippen LogP contribution in [0.2, 0.25) is 0 Å². The van der Waals surface area contributed by atoms with Crippen LogP contribution in [-0.2, 0) is 14.8 Å². The molecule has 10 nitrogen and oxygen atoms in total. The molecule has 0 spiro atoms. The van der Waals surface area contributed by atoms with E-state index in [9.17, 15) is 27.5 Å². The molecule has 1 heterocycles. The molecule has 0 aliphatic carbocycles. The summed E-state index contributed by atoms with van der Waals surface area (Å²) in [7, 11) is -2.51. The van der Waals surface area contributed by atoms with Crippen LogP contribution >= 0.6 is 0 Å². The zero-order valence-electron chi connectivity index (χ0n) is 27.3. The topological polar surface area (TPSA) is 125 Å². The predicted octanol–water partition coefficient (Wildman–Crippen LogP) is 5.19. The first-order valence-electron chi connectivity index (χ1n) is 15.8. The quantitative estimate of drug-likeness (QED) is 0.338. The fourth-order valence-electron chi connectivity index (χ4n) is 5.39.